The number of likely N-dealkylation sites (tertiary alicyclic amines) is 2. The van der Waals surface area contributed by atoms with Crippen LogP contribution in [0.4, 0.5) is 0 Å². The van der Waals surface area contributed by atoms with Crippen LogP contribution in [0.2, 0.25) is 0 Å². The number of rotatable bonds is 3. The smallest absolute Gasteiger partial charge is 0.251 e. The Labute approximate surface area is 162 Å². The fourth-order valence-corrected chi connectivity index (χ4v) is 5.27. The summed E-state index contributed by atoms with van der Waals surface area (Å²) in [4.78, 5) is 30.4. The molecular formula is C22H31N3O2. The number of carbonyl (C=O) groups is 2. The van der Waals surface area contributed by atoms with Gasteiger partial charge in [-0.05, 0) is 70.8 Å². The first-order valence-electron chi connectivity index (χ1n) is 10.4. The monoisotopic (exact) mass is 369 g/mol. The SMILES string of the molecule is CN1CCC(N2CCC3(CCCC(NC(=O)c4ccccc4)C3)C2=O)CC1. The molecule has 1 aromatic rings. The maximum Gasteiger partial charge on any atom is 0.251 e. The molecule has 1 aromatic carbocycles. The molecular weight excluding hydrogens is 338 g/mol. The second-order valence-corrected chi connectivity index (χ2v) is 8.70. The van der Waals surface area contributed by atoms with Crippen molar-refractivity contribution in [2.75, 3.05) is 26.7 Å². The Kier molecular flexibility index (Phi) is 5.22. The summed E-state index contributed by atoms with van der Waals surface area (Å²) < 4.78 is 0. The van der Waals surface area contributed by atoms with Gasteiger partial charge < -0.3 is 15.1 Å². The van der Waals surface area contributed by atoms with Crippen molar-refractivity contribution in [2.24, 2.45) is 5.41 Å². The molecule has 27 heavy (non-hydrogen) atoms. The highest BCUT2D eigenvalue weighted by atomic mass is 16.2. The molecule has 1 N–H and O–H groups in total. The minimum absolute atomic E-state index is 0.0183. The molecule has 0 radical (unpaired) electrons. The van der Waals surface area contributed by atoms with Crippen molar-refractivity contribution in [2.45, 2.75) is 57.0 Å². The Balaban J connectivity index is 1.40. The van der Waals surface area contributed by atoms with Crippen LogP contribution in [0.1, 0.15) is 55.3 Å². The topological polar surface area (TPSA) is 52.6 Å². The molecule has 1 aliphatic carbocycles. The molecule has 2 aliphatic heterocycles. The van der Waals surface area contributed by atoms with E-state index in [0.29, 0.717) is 17.5 Å². The Morgan fingerprint density at radius 1 is 1.07 bits per heavy atom. The summed E-state index contributed by atoms with van der Waals surface area (Å²) in [5.74, 6) is 0.339. The molecule has 2 heterocycles. The molecule has 0 bridgehead atoms. The lowest BCUT2D eigenvalue weighted by molar-refractivity contribution is -0.140. The van der Waals surface area contributed by atoms with Gasteiger partial charge in [0, 0.05) is 24.2 Å². The van der Waals surface area contributed by atoms with E-state index in [1.54, 1.807) is 0 Å². The summed E-state index contributed by atoms with van der Waals surface area (Å²) in [7, 11) is 2.16. The maximum atomic E-state index is 13.4. The summed E-state index contributed by atoms with van der Waals surface area (Å²) in [5.41, 5.74) is 0.457. The van der Waals surface area contributed by atoms with Gasteiger partial charge in [0.15, 0.2) is 0 Å². The van der Waals surface area contributed by atoms with E-state index >= 15 is 0 Å². The molecule has 2 unspecified atom stereocenters. The van der Waals surface area contributed by atoms with Gasteiger partial charge in [0.1, 0.15) is 0 Å². The van der Waals surface area contributed by atoms with Crippen molar-refractivity contribution in [3.63, 3.8) is 0 Å². The minimum Gasteiger partial charge on any atom is -0.349 e. The lowest BCUT2D eigenvalue weighted by atomic mass is 9.71. The molecule has 2 saturated heterocycles. The van der Waals surface area contributed by atoms with Gasteiger partial charge in [0.25, 0.3) is 5.91 Å². The fraction of sp³-hybridized carbons (Fsp3) is 0.636. The lowest BCUT2D eigenvalue weighted by Gasteiger charge is -2.39. The van der Waals surface area contributed by atoms with Gasteiger partial charge >= 0.3 is 0 Å². The Morgan fingerprint density at radius 2 is 1.81 bits per heavy atom. The van der Waals surface area contributed by atoms with E-state index in [-0.39, 0.29) is 17.4 Å². The van der Waals surface area contributed by atoms with Gasteiger partial charge in [-0.1, -0.05) is 24.6 Å². The largest absolute Gasteiger partial charge is 0.349 e. The average Bonchev–Trinajstić information content (AvgIpc) is 2.99. The number of benzene rings is 1. The standard InChI is InChI=1S/C22H31N3O2/c1-24-13-9-19(10-14-24)25-15-12-22(21(25)27)11-5-8-18(16-22)23-20(26)17-6-3-2-4-7-17/h2-4,6-7,18-19H,5,8-16H2,1H3,(H,23,26). The van der Waals surface area contributed by atoms with E-state index in [0.717, 1.165) is 64.6 Å². The average molecular weight is 370 g/mol. The first-order valence-corrected chi connectivity index (χ1v) is 10.4. The number of hydrogen-bond donors (Lipinski definition) is 1. The van der Waals surface area contributed by atoms with Crippen LogP contribution in [0.5, 0.6) is 0 Å². The number of carbonyl (C=O) groups excluding carboxylic acids is 2. The van der Waals surface area contributed by atoms with Gasteiger partial charge in [-0.15, -0.1) is 0 Å². The van der Waals surface area contributed by atoms with E-state index in [1.165, 1.54) is 0 Å². The molecule has 3 aliphatic rings. The molecule has 4 rings (SSSR count). The van der Waals surface area contributed by atoms with Gasteiger partial charge in [0.2, 0.25) is 5.91 Å². The summed E-state index contributed by atoms with van der Waals surface area (Å²) in [6, 6.07) is 9.89. The third-order valence-electron chi connectivity index (χ3n) is 6.89. The van der Waals surface area contributed by atoms with Crippen LogP contribution >= 0.6 is 0 Å². The summed E-state index contributed by atoms with van der Waals surface area (Å²) in [6.07, 6.45) is 6.91. The first kappa shape index (κ1) is 18.5. The molecule has 5 heteroatoms. The molecule has 1 saturated carbocycles. The Bertz CT molecular complexity index is 684. The van der Waals surface area contributed by atoms with Crippen LogP contribution in [-0.2, 0) is 4.79 Å². The summed E-state index contributed by atoms with van der Waals surface area (Å²) in [6.45, 7) is 3.06. The van der Waals surface area contributed by atoms with Crippen LogP contribution in [0.25, 0.3) is 0 Å². The zero-order valence-electron chi connectivity index (χ0n) is 16.3. The van der Waals surface area contributed by atoms with E-state index in [2.05, 4.69) is 22.2 Å². The van der Waals surface area contributed by atoms with Crippen molar-refractivity contribution in [1.82, 2.24) is 15.1 Å². The van der Waals surface area contributed by atoms with E-state index in [4.69, 9.17) is 0 Å². The molecule has 146 valence electrons. The first-order chi connectivity index (χ1) is 13.1. The van der Waals surface area contributed by atoms with Gasteiger partial charge in [-0.25, -0.2) is 0 Å². The number of amides is 2. The highest BCUT2D eigenvalue weighted by Gasteiger charge is 2.50. The summed E-state index contributed by atoms with van der Waals surface area (Å²) in [5, 5.41) is 3.19. The van der Waals surface area contributed by atoms with Crippen molar-refractivity contribution in [3.05, 3.63) is 35.9 Å². The Hall–Kier alpha value is -1.88. The quantitative estimate of drug-likeness (QED) is 0.891. The van der Waals surface area contributed by atoms with Gasteiger partial charge in [-0.3, -0.25) is 9.59 Å². The second kappa shape index (κ2) is 7.63. The van der Waals surface area contributed by atoms with E-state index in [9.17, 15) is 9.59 Å². The minimum atomic E-state index is -0.240. The van der Waals surface area contributed by atoms with Crippen LogP contribution in [-0.4, -0.2) is 60.4 Å². The molecule has 3 fully saturated rings. The van der Waals surface area contributed by atoms with Crippen molar-refractivity contribution < 1.29 is 9.59 Å². The zero-order chi connectivity index (χ0) is 18.9. The van der Waals surface area contributed by atoms with E-state index < -0.39 is 0 Å². The molecule has 2 amide bonds. The van der Waals surface area contributed by atoms with Gasteiger partial charge in [-0.2, -0.15) is 0 Å². The molecule has 2 atom stereocenters. The summed E-state index contributed by atoms with van der Waals surface area (Å²) >= 11 is 0. The van der Waals surface area contributed by atoms with Crippen LogP contribution < -0.4 is 5.32 Å². The van der Waals surface area contributed by atoms with Crippen molar-refractivity contribution >= 4 is 11.8 Å². The third kappa shape index (κ3) is 3.75. The number of nitrogens with zero attached hydrogens (tertiary/aromatic N) is 2. The van der Waals surface area contributed by atoms with E-state index in [1.807, 2.05) is 30.3 Å². The van der Waals surface area contributed by atoms with Crippen molar-refractivity contribution in [3.8, 4) is 0 Å². The fourth-order valence-electron chi connectivity index (χ4n) is 5.27. The van der Waals surface area contributed by atoms with Crippen molar-refractivity contribution in [1.29, 1.82) is 0 Å². The number of piperidine rings is 1. The van der Waals surface area contributed by atoms with Crippen LogP contribution in [0.15, 0.2) is 30.3 Å². The number of hydrogen-bond acceptors (Lipinski definition) is 3. The van der Waals surface area contributed by atoms with Gasteiger partial charge in [0.05, 0.1) is 5.41 Å². The normalized spacial score (nSPS) is 30.0. The maximum absolute atomic E-state index is 13.4. The molecule has 0 aromatic heterocycles. The highest BCUT2D eigenvalue weighted by molar-refractivity contribution is 5.94. The highest BCUT2D eigenvalue weighted by Crippen LogP contribution is 2.46. The molecule has 1 spiro atoms. The molecule has 5 nitrogen and oxygen atoms in total. The lowest BCUT2D eigenvalue weighted by Crippen LogP contribution is -2.49. The zero-order valence-corrected chi connectivity index (χ0v) is 16.3. The van der Waals surface area contributed by atoms with Crippen LogP contribution in [0.3, 0.4) is 0 Å². The predicted octanol–water partition coefficient (Wildman–Crippen LogP) is 2.67. The van der Waals surface area contributed by atoms with Crippen LogP contribution in [0, 0.1) is 5.41 Å². The Morgan fingerprint density at radius 3 is 2.56 bits per heavy atom. The third-order valence-corrected chi connectivity index (χ3v) is 6.89. The second-order valence-electron chi connectivity index (χ2n) is 8.70. The number of nitrogens with one attached hydrogen (secondary N) is 1. The predicted molar refractivity (Wildman–Crippen MR) is 105 cm³/mol.